The Morgan fingerprint density at radius 3 is 2.67 bits per heavy atom. The van der Waals surface area contributed by atoms with E-state index in [2.05, 4.69) is 5.32 Å². The van der Waals surface area contributed by atoms with Crippen molar-refractivity contribution >= 4 is 0 Å². The van der Waals surface area contributed by atoms with Gasteiger partial charge in [0.25, 0.3) is 0 Å². The minimum absolute atomic E-state index is 0.371. The fourth-order valence-electron chi connectivity index (χ4n) is 2.88. The molecule has 0 saturated carbocycles. The van der Waals surface area contributed by atoms with Crippen LogP contribution in [0.15, 0.2) is 12.1 Å². The number of hydrogen-bond acceptors (Lipinski definition) is 1. The number of aryl methyl sites for hydroxylation is 1. The van der Waals surface area contributed by atoms with Crippen molar-refractivity contribution in [1.82, 2.24) is 5.32 Å². The van der Waals surface area contributed by atoms with Crippen LogP contribution in [0.1, 0.15) is 50.2 Å². The van der Waals surface area contributed by atoms with E-state index >= 15 is 0 Å². The number of hydrogen-bond donors (Lipinski definition) is 1. The Balaban J connectivity index is 2.46. The third-order valence-corrected chi connectivity index (χ3v) is 4.14. The summed E-state index contributed by atoms with van der Waals surface area (Å²) < 4.78 is 27.9. The number of nitrogens with one attached hydrogen (secondary N) is 1. The molecule has 1 N–H and O–H groups in total. The molecule has 0 amide bonds. The minimum Gasteiger partial charge on any atom is -0.307 e. The van der Waals surface area contributed by atoms with Gasteiger partial charge in [-0.05, 0) is 38.3 Å². The van der Waals surface area contributed by atoms with Gasteiger partial charge < -0.3 is 5.32 Å². The van der Waals surface area contributed by atoms with Crippen LogP contribution in [0.2, 0.25) is 0 Å². The number of halogens is 2. The Labute approximate surface area is 108 Å². The highest BCUT2D eigenvalue weighted by atomic mass is 19.2. The summed E-state index contributed by atoms with van der Waals surface area (Å²) in [5.74, 6) is -1.38. The Morgan fingerprint density at radius 2 is 1.94 bits per heavy atom. The maximum absolute atomic E-state index is 14.2. The van der Waals surface area contributed by atoms with Gasteiger partial charge in [0.05, 0.1) is 0 Å². The summed E-state index contributed by atoms with van der Waals surface area (Å²) in [5, 5.41) is 3.44. The van der Waals surface area contributed by atoms with E-state index in [0.29, 0.717) is 11.1 Å². The maximum atomic E-state index is 14.2. The van der Waals surface area contributed by atoms with Gasteiger partial charge in [-0.25, -0.2) is 8.78 Å². The topological polar surface area (TPSA) is 12.0 Å². The summed E-state index contributed by atoms with van der Waals surface area (Å²) >= 11 is 0. The summed E-state index contributed by atoms with van der Waals surface area (Å²) in [6.45, 7) is 4.51. The van der Waals surface area contributed by atoms with E-state index in [1.165, 1.54) is 0 Å². The molecule has 1 aliphatic heterocycles. The summed E-state index contributed by atoms with van der Waals surface area (Å²) in [7, 11) is 0. The third kappa shape index (κ3) is 2.28. The molecule has 3 heteroatoms. The van der Waals surface area contributed by atoms with Gasteiger partial charge >= 0.3 is 0 Å². The predicted octanol–water partition coefficient (Wildman–Crippen LogP) is 4.04. The van der Waals surface area contributed by atoms with Gasteiger partial charge in [0, 0.05) is 11.1 Å². The molecular formula is C15H21F2N. The van der Waals surface area contributed by atoms with Gasteiger partial charge in [0.1, 0.15) is 0 Å². The lowest BCUT2D eigenvalue weighted by molar-refractivity contribution is 0.296. The monoisotopic (exact) mass is 253 g/mol. The molecule has 1 aromatic rings. The van der Waals surface area contributed by atoms with E-state index in [0.717, 1.165) is 38.6 Å². The van der Waals surface area contributed by atoms with Crippen LogP contribution >= 0.6 is 0 Å². The average Bonchev–Trinajstić information content (AvgIpc) is 2.62. The zero-order valence-corrected chi connectivity index (χ0v) is 11.2. The van der Waals surface area contributed by atoms with Crippen LogP contribution in [0.3, 0.4) is 0 Å². The quantitative estimate of drug-likeness (QED) is 0.838. The molecule has 18 heavy (non-hydrogen) atoms. The highest BCUT2D eigenvalue weighted by Crippen LogP contribution is 2.35. The summed E-state index contributed by atoms with van der Waals surface area (Å²) in [4.78, 5) is 0. The van der Waals surface area contributed by atoms with E-state index in [-0.39, 0.29) is 0 Å². The fraction of sp³-hybridized carbons (Fsp3) is 0.600. The second kappa shape index (κ2) is 5.35. The third-order valence-electron chi connectivity index (χ3n) is 4.14. The lowest BCUT2D eigenvalue weighted by Crippen LogP contribution is -2.42. The first-order valence-corrected chi connectivity index (χ1v) is 6.81. The molecule has 1 saturated heterocycles. The van der Waals surface area contributed by atoms with E-state index in [1.54, 1.807) is 19.1 Å². The summed E-state index contributed by atoms with van der Waals surface area (Å²) in [6.07, 6.45) is 4.99. The number of benzene rings is 1. The average molecular weight is 253 g/mol. The van der Waals surface area contributed by atoms with E-state index in [1.807, 2.05) is 6.92 Å². The largest absolute Gasteiger partial charge is 0.307 e. The maximum Gasteiger partial charge on any atom is 0.164 e. The summed E-state index contributed by atoms with van der Waals surface area (Å²) in [5.41, 5.74) is 0.473. The zero-order valence-electron chi connectivity index (χ0n) is 11.2. The molecule has 1 aromatic carbocycles. The lowest BCUT2D eigenvalue weighted by atomic mass is 9.82. The minimum atomic E-state index is -0.702. The molecule has 100 valence electrons. The molecule has 0 bridgehead atoms. The van der Waals surface area contributed by atoms with Crippen LogP contribution in [0, 0.1) is 18.6 Å². The van der Waals surface area contributed by atoms with Crippen molar-refractivity contribution in [1.29, 1.82) is 0 Å². The second-order valence-corrected chi connectivity index (χ2v) is 5.23. The van der Waals surface area contributed by atoms with Gasteiger partial charge in [-0.15, -0.1) is 0 Å². The number of rotatable bonds is 2. The van der Waals surface area contributed by atoms with Crippen LogP contribution in [0.25, 0.3) is 0 Å². The molecule has 1 fully saturated rings. The van der Waals surface area contributed by atoms with E-state index < -0.39 is 17.2 Å². The Kier molecular flexibility index (Phi) is 4.00. The standard InChI is InChI=1S/C15H21F2N/c1-3-15(9-5-4-6-10-18-15)12-8-7-11(2)13(16)14(12)17/h7-8,18H,3-6,9-10H2,1-2H3. The first kappa shape index (κ1) is 13.5. The predicted molar refractivity (Wildman–Crippen MR) is 69.5 cm³/mol. The van der Waals surface area contributed by atoms with Crippen molar-refractivity contribution in [3.63, 3.8) is 0 Å². The van der Waals surface area contributed by atoms with Crippen LogP contribution in [-0.2, 0) is 5.54 Å². The molecule has 2 rings (SSSR count). The molecule has 1 nitrogen and oxygen atoms in total. The molecular weight excluding hydrogens is 232 g/mol. The van der Waals surface area contributed by atoms with E-state index in [9.17, 15) is 8.78 Å². The summed E-state index contributed by atoms with van der Waals surface area (Å²) in [6, 6.07) is 3.42. The van der Waals surface area contributed by atoms with Gasteiger partial charge in [0.15, 0.2) is 11.6 Å². The van der Waals surface area contributed by atoms with Crippen molar-refractivity contribution in [2.45, 2.75) is 51.5 Å². The van der Waals surface area contributed by atoms with Crippen molar-refractivity contribution in [2.75, 3.05) is 6.54 Å². The molecule has 0 aromatic heterocycles. The van der Waals surface area contributed by atoms with Crippen LogP contribution < -0.4 is 5.32 Å². The van der Waals surface area contributed by atoms with Crippen LogP contribution in [0.5, 0.6) is 0 Å². The van der Waals surface area contributed by atoms with Crippen LogP contribution in [0.4, 0.5) is 8.78 Å². The van der Waals surface area contributed by atoms with Gasteiger partial charge in [0.2, 0.25) is 0 Å². The van der Waals surface area contributed by atoms with Crippen LogP contribution in [-0.4, -0.2) is 6.54 Å². The van der Waals surface area contributed by atoms with Crippen molar-refractivity contribution < 1.29 is 8.78 Å². The van der Waals surface area contributed by atoms with E-state index in [4.69, 9.17) is 0 Å². The first-order valence-electron chi connectivity index (χ1n) is 6.81. The normalized spacial score (nSPS) is 24.9. The molecule has 0 spiro atoms. The molecule has 0 aliphatic carbocycles. The Morgan fingerprint density at radius 1 is 1.17 bits per heavy atom. The molecule has 0 radical (unpaired) electrons. The van der Waals surface area contributed by atoms with Gasteiger partial charge in [-0.3, -0.25) is 0 Å². The molecule has 1 heterocycles. The van der Waals surface area contributed by atoms with Crippen molar-refractivity contribution in [3.05, 3.63) is 34.9 Å². The van der Waals surface area contributed by atoms with Crippen molar-refractivity contribution in [3.8, 4) is 0 Å². The SMILES string of the molecule is CCC1(c2ccc(C)c(F)c2F)CCCCCN1. The molecule has 1 aliphatic rings. The smallest absolute Gasteiger partial charge is 0.164 e. The molecule has 1 atom stereocenters. The van der Waals surface area contributed by atoms with Gasteiger partial charge in [-0.1, -0.05) is 31.9 Å². The first-order chi connectivity index (χ1) is 8.60. The zero-order chi connectivity index (χ0) is 13.2. The Bertz CT molecular complexity index is 421. The highest BCUT2D eigenvalue weighted by molar-refractivity contribution is 5.31. The lowest BCUT2D eigenvalue weighted by Gasteiger charge is -2.34. The van der Waals surface area contributed by atoms with Gasteiger partial charge in [-0.2, -0.15) is 0 Å². The fourth-order valence-corrected chi connectivity index (χ4v) is 2.88. The highest BCUT2D eigenvalue weighted by Gasteiger charge is 2.34. The molecule has 1 unspecified atom stereocenters. The van der Waals surface area contributed by atoms with Crippen molar-refractivity contribution in [2.24, 2.45) is 0 Å². The second-order valence-electron chi connectivity index (χ2n) is 5.23. The Hall–Kier alpha value is -0.960.